The molecule has 0 aliphatic carbocycles. The third kappa shape index (κ3) is 4.60. The number of fused-ring (bicyclic) bond motifs is 2. The molecule has 0 saturated carbocycles. The average molecular weight is 492 g/mol. The number of imidazole rings is 1. The Labute approximate surface area is 200 Å². The number of aryl methyl sites for hydroxylation is 1. The summed E-state index contributed by atoms with van der Waals surface area (Å²) in [7, 11) is -3.74. The van der Waals surface area contributed by atoms with Crippen LogP contribution in [0.15, 0.2) is 94.0 Å². The number of primary sulfonamides is 1. The van der Waals surface area contributed by atoms with Gasteiger partial charge in [0.05, 0.1) is 21.5 Å². The molecule has 0 atom stereocenters. The molecule has 3 heterocycles. The molecule has 0 amide bonds. The van der Waals surface area contributed by atoms with Gasteiger partial charge in [0.2, 0.25) is 10.0 Å². The van der Waals surface area contributed by atoms with Crippen LogP contribution in [0.25, 0.3) is 16.6 Å². The standard InChI is InChI=1S/C24H21N5O3S2/c25-34(31,32)19-10-8-17(9-11-19)12-14-29-23(30)20-5-1-2-6-21(20)27-24(29)33-16-18-15-28-13-4-3-7-22(28)26-18/h1-11,13,15H,12,14,16H2,(H2,25,31,32). The Bertz CT molecular complexity index is 1630. The summed E-state index contributed by atoms with van der Waals surface area (Å²) < 4.78 is 26.6. The fraction of sp³-hybridized carbons (Fsp3) is 0.125. The van der Waals surface area contributed by atoms with Crippen molar-refractivity contribution >= 4 is 38.3 Å². The van der Waals surface area contributed by atoms with Gasteiger partial charge >= 0.3 is 0 Å². The molecule has 2 N–H and O–H groups in total. The van der Waals surface area contributed by atoms with Crippen LogP contribution in [0.3, 0.4) is 0 Å². The second-order valence-corrected chi connectivity index (χ2v) is 10.3. The van der Waals surface area contributed by atoms with E-state index in [9.17, 15) is 13.2 Å². The van der Waals surface area contributed by atoms with Crippen molar-refractivity contribution in [2.24, 2.45) is 5.14 Å². The molecule has 0 saturated heterocycles. The molecule has 5 rings (SSSR count). The van der Waals surface area contributed by atoms with Crippen molar-refractivity contribution in [1.29, 1.82) is 0 Å². The second kappa shape index (κ2) is 9.05. The monoisotopic (exact) mass is 491 g/mol. The third-order valence-corrected chi connectivity index (χ3v) is 7.40. The molecule has 0 aliphatic heterocycles. The lowest BCUT2D eigenvalue weighted by molar-refractivity contribution is 0.594. The molecule has 3 aromatic heterocycles. The molecule has 8 nitrogen and oxygen atoms in total. The molecule has 0 unspecified atom stereocenters. The van der Waals surface area contributed by atoms with Gasteiger partial charge in [0.15, 0.2) is 5.16 Å². The number of benzene rings is 2. The highest BCUT2D eigenvalue weighted by Gasteiger charge is 2.13. The number of pyridine rings is 1. The van der Waals surface area contributed by atoms with Crippen LogP contribution < -0.4 is 10.7 Å². The molecule has 0 spiro atoms. The summed E-state index contributed by atoms with van der Waals surface area (Å²) in [5.74, 6) is 0.565. The summed E-state index contributed by atoms with van der Waals surface area (Å²) in [5, 5.41) is 6.35. The molecular formula is C24H21N5O3S2. The number of nitrogens with zero attached hydrogens (tertiary/aromatic N) is 4. The van der Waals surface area contributed by atoms with Crippen molar-refractivity contribution in [1.82, 2.24) is 18.9 Å². The van der Waals surface area contributed by atoms with Crippen LogP contribution in [-0.4, -0.2) is 27.4 Å². The van der Waals surface area contributed by atoms with Crippen molar-refractivity contribution in [2.75, 3.05) is 0 Å². The second-order valence-electron chi connectivity index (χ2n) is 7.79. The van der Waals surface area contributed by atoms with Crippen LogP contribution in [0.1, 0.15) is 11.3 Å². The quantitative estimate of drug-likeness (QED) is 0.276. The van der Waals surface area contributed by atoms with Crippen LogP contribution in [-0.2, 0) is 28.7 Å². The Hall–Kier alpha value is -3.47. The van der Waals surface area contributed by atoms with E-state index >= 15 is 0 Å². The zero-order valence-corrected chi connectivity index (χ0v) is 19.7. The molecule has 0 fully saturated rings. The van der Waals surface area contributed by atoms with Gasteiger partial charge in [0.1, 0.15) is 5.65 Å². The average Bonchev–Trinajstić information content (AvgIpc) is 3.25. The van der Waals surface area contributed by atoms with Gasteiger partial charge in [-0.3, -0.25) is 9.36 Å². The molecule has 10 heteroatoms. The maximum absolute atomic E-state index is 13.3. The van der Waals surface area contributed by atoms with E-state index in [2.05, 4.69) is 4.98 Å². The number of hydrogen-bond acceptors (Lipinski definition) is 6. The molecule has 0 bridgehead atoms. The predicted molar refractivity (Wildman–Crippen MR) is 132 cm³/mol. The molecule has 34 heavy (non-hydrogen) atoms. The summed E-state index contributed by atoms with van der Waals surface area (Å²) in [6.07, 6.45) is 4.45. The highest BCUT2D eigenvalue weighted by molar-refractivity contribution is 7.98. The Morgan fingerprint density at radius 2 is 1.71 bits per heavy atom. The maximum atomic E-state index is 13.3. The summed E-state index contributed by atoms with van der Waals surface area (Å²) in [6, 6.07) is 19.5. The van der Waals surface area contributed by atoms with Gasteiger partial charge in [-0.15, -0.1) is 0 Å². The molecule has 0 radical (unpaired) electrons. The van der Waals surface area contributed by atoms with Crippen molar-refractivity contribution in [3.05, 3.63) is 101 Å². The zero-order valence-electron chi connectivity index (χ0n) is 18.0. The predicted octanol–water partition coefficient (Wildman–Crippen LogP) is 3.23. The molecule has 172 valence electrons. The van der Waals surface area contributed by atoms with Crippen molar-refractivity contribution < 1.29 is 8.42 Å². The van der Waals surface area contributed by atoms with Crippen LogP contribution >= 0.6 is 11.8 Å². The number of sulfonamides is 1. The topological polar surface area (TPSA) is 112 Å². The van der Waals surface area contributed by atoms with E-state index in [4.69, 9.17) is 10.1 Å². The lowest BCUT2D eigenvalue weighted by Gasteiger charge is -2.13. The minimum absolute atomic E-state index is 0.0597. The van der Waals surface area contributed by atoms with Gasteiger partial charge < -0.3 is 4.40 Å². The first-order valence-electron chi connectivity index (χ1n) is 10.6. The number of thioether (sulfide) groups is 1. The number of aromatic nitrogens is 4. The Balaban J connectivity index is 1.44. The van der Waals surface area contributed by atoms with E-state index < -0.39 is 10.0 Å². The lowest BCUT2D eigenvalue weighted by atomic mass is 10.1. The van der Waals surface area contributed by atoms with Crippen molar-refractivity contribution in [3.63, 3.8) is 0 Å². The highest BCUT2D eigenvalue weighted by atomic mass is 32.2. The molecular weight excluding hydrogens is 470 g/mol. The fourth-order valence-corrected chi connectivity index (χ4v) is 5.16. The molecule has 0 aliphatic rings. The van der Waals surface area contributed by atoms with Crippen LogP contribution in [0, 0.1) is 0 Å². The Morgan fingerprint density at radius 1 is 0.941 bits per heavy atom. The summed E-state index contributed by atoms with van der Waals surface area (Å²) in [5.41, 5.74) is 3.19. The number of hydrogen-bond donors (Lipinski definition) is 1. The van der Waals surface area contributed by atoms with E-state index in [-0.39, 0.29) is 10.5 Å². The van der Waals surface area contributed by atoms with E-state index in [1.165, 1.54) is 23.9 Å². The Morgan fingerprint density at radius 3 is 2.47 bits per heavy atom. The summed E-state index contributed by atoms with van der Waals surface area (Å²) in [4.78, 5) is 22.8. The SMILES string of the molecule is NS(=O)(=O)c1ccc(CCn2c(SCc3cn4ccccc4n3)nc3ccccc3c2=O)cc1. The van der Waals surface area contributed by atoms with Gasteiger partial charge in [-0.2, -0.15) is 0 Å². The zero-order chi connectivity index (χ0) is 23.7. The van der Waals surface area contributed by atoms with Crippen LogP contribution in [0.2, 0.25) is 0 Å². The minimum Gasteiger partial charge on any atom is -0.307 e. The fourth-order valence-electron chi connectivity index (χ4n) is 3.74. The van der Waals surface area contributed by atoms with Crippen molar-refractivity contribution in [2.45, 2.75) is 28.8 Å². The third-order valence-electron chi connectivity index (χ3n) is 5.47. The number of rotatable bonds is 7. The smallest absolute Gasteiger partial charge is 0.262 e. The first-order valence-corrected chi connectivity index (χ1v) is 13.1. The molecule has 5 aromatic rings. The lowest BCUT2D eigenvalue weighted by Crippen LogP contribution is -2.24. The van der Waals surface area contributed by atoms with Gasteiger partial charge in [-0.25, -0.2) is 23.5 Å². The number of para-hydroxylation sites is 1. The van der Waals surface area contributed by atoms with Crippen LogP contribution in [0.5, 0.6) is 0 Å². The largest absolute Gasteiger partial charge is 0.307 e. The highest BCUT2D eigenvalue weighted by Crippen LogP contribution is 2.23. The van der Waals surface area contributed by atoms with Crippen molar-refractivity contribution in [3.8, 4) is 0 Å². The summed E-state index contributed by atoms with van der Waals surface area (Å²) in [6.45, 7) is 0.402. The van der Waals surface area contributed by atoms with Gasteiger partial charge in [0, 0.05) is 24.7 Å². The van der Waals surface area contributed by atoms with E-state index in [1.54, 1.807) is 22.8 Å². The first-order chi connectivity index (χ1) is 16.4. The normalized spacial score (nSPS) is 11.9. The van der Waals surface area contributed by atoms with E-state index in [1.807, 2.05) is 53.2 Å². The first kappa shape index (κ1) is 22.3. The van der Waals surface area contributed by atoms with Gasteiger partial charge in [0.25, 0.3) is 5.56 Å². The van der Waals surface area contributed by atoms with E-state index in [0.29, 0.717) is 34.8 Å². The summed E-state index contributed by atoms with van der Waals surface area (Å²) >= 11 is 1.47. The Kier molecular flexibility index (Phi) is 5.94. The van der Waals surface area contributed by atoms with Gasteiger partial charge in [-0.05, 0) is 48.4 Å². The maximum Gasteiger partial charge on any atom is 0.262 e. The van der Waals surface area contributed by atoms with Crippen LogP contribution in [0.4, 0.5) is 0 Å². The van der Waals surface area contributed by atoms with E-state index in [0.717, 1.165) is 16.9 Å². The minimum atomic E-state index is -3.74. The van der Waals surface area contributed by atoms with Gasteiger partial charge in [-0.1, -0.05) is 42.1 Å². The molecule has 2 aromatic carbocycles. The number of nitrogens with two attached hydrogens (primary N) is 1.